The van der Waals surface area contributed by atoms with Gasteiger partial charge < -0.3 is 4.52 Å². The molecular formula is C19H22N4O2S3. The number of carbonyl (C=O) groups excluding carboxylic acids is 1. The predicted molar refractivity (Wildman–Crippen MR) is 115 cm³/mol. The first-order valence-electron chi connectivity index (χ1n) is 8.86. The summed E-state index contributed by atoms with van der Waals surface area (Å²) in [5.74, 6) is 1.58. The SMILES string of the molecule is Cc1cc(NC(=O)C(C)Sc2nnc(SCc3ccc(C(C)C)cc3)s2)on1. The highest BCUT2D eigenvalue weighted by Gasteiger charge is 2.19. The molecule has 2 aromatic heterocycles. The van der Waals surface area contributed by atoms with E-state index in [1.54, 1.807) is 24.8 Å². The summed E-state index contributed by atoms with van der Waals surface area (Å²) in [6.45, 7) is 8.01. The summed E-state index contributed by atoms with van der Waals surface area (Å²) in [6, 6.07) is 10.4. The highest BCUT2D eigenvalue weighted by atomic mass is 32.2. The van der Waals surface area contributed by atoms with E-state index in [9.17, 15) is 4.79 Å². The Morgan fingerprint density at radius 2 is 1.89 bits per heavy atom. The van der Waals surface area contributed by atoms with Crippen molar-refractivity contribution in [3.63, 3.8) is 0 Å². The second kappa shape index (κ2) is 9.58. The number of aromatic nitrogens is 3. The fourth-order valence-corrected chi connectivity index (χ4v) is 5.42. The van der Waals surface area contributed by atoms with E-state index in [0.29, 0.717) is 11.8 Å². The van der Waals surface area contributed by atoms with Crippen LogP contribution in [0.3, 0.4) is 0 Å². The van der Waals surface area contributed by atoms with Gasteiger partial charge in [-0.05, 0) is 30.9 Å². The highest BCUT2D eigenvalue weighted by molar-refractivity contribution is 8.03. The molecule has 148 valence electrons. The van der Waals surface area contributed by atoms with E-state index in [4.69, 9.17) is 4.52 Å². The fourth-order valence-electron chi connectivity index (χ4n) is 2.30. The summed E-state index contributed by atoms with van der Waals surface area (Å²) in [4.78, 5) is 12.3. The molecule has 9 heteroatoms. The lowest BCUT2D eigenvalue weighted by molar-refractivity contribution is -0.115. The molecule has 0 bridgehead atoms. The van der Waals surface area contributed by atoms with Crippen molar-refractivity contribution in [1.29, 1.82) is 0 Å². The van der Waals surface area contributed by atoms with E-state index >= 15 is 0 Å². The van der Waals surface area contributed by atoms with Gasteiger partial charge in [0.2, 0.25) is 11.8 Å². The number of nitrogens with one attached hydrogen (secondary N) is 1. The van der Waals surface area contributed by atoms with Crippen LogP contribution in [0.15, 0.2) is 43.5 Å². The molecule has 0 fully saturated rings. The minimum absolute atomic E-state index is 0.157. The van der Waals surface area contributed by atoms with Crippen molar-refractivity contribution >= 4 is 46.7 Å². The van der Waals surface area contributed by atoms with Gasteiger partial charge in [0.05, 0.1) is 10.9 Å². The Morgan fingerprint density at radius 1 is 1.18 bits per heavy atom. The maximum Gasteiger partial charge on any atom is 0.240 e. The van der Waals surface area contributed by atoms with Crippen LogP contribution in [0.25, 0.3) is 0 Å². The van der Waals surface area contributed by atoms with E-state index in [1.165, 1.54) is 34.2 Å². The van der Waals surface area contributed by atoms with Crippen LogP contribution in [0.2, 0.25) is 0 Å². The minimum atomic E-state index is -0.320. The number of nitrogens with zero attached hydrogens (tertiary/aromatic N) is 3. The number of benzene rings is 1. The Morgan fingerprint density at radius 3 is 2.54 bits per heavy atom. The quantitative estimate of drug-likeness (QED) is 0.477. The van der Waals surface area contributed by atoms with Crippen molar-refractivity contribution in [2.24, 2.45) is 0 Å². The van der Waals surface area contributed by atoms with Crippen molar-refractivity contribution in [2.75, 3.05) is 5.32 Å². The van der Waals surface area contributed by atoms with Crippen LogP contribution in [0.5, 0.6) is 0 Å². The van der Waals surface area contributed by atoms with E-state index in [-0.39, 0.29) is 11.2 Å². The Labute approximate surface area is 176 Å². The second-order valence-corrected chi connectivity index (χ2v) is 10.4. The average molecular weight is 435 g/mol. The number of hydrogen-bond donors (Lipinski definition) is 1. The van der Waals surface area contributed by atoms with Gasteiger partial charge in [-0.1, -0.05) is 78.1 Å². The standard InChI is InChI=1S/C19H22N4O2S3/c1-11(2)15-7-5-14(6-8-15)10-26-18-21-22-19(28-18)27-13(4)17(24)20-16-9-12(3)23-25-16/h5-9,11,13H,10H2,1-4H3,(H,20,24). The normalized spacial score (nSPS) is 12.3. The number of rotatable bonds is 8. The van der Waals surface area contributed by atoms with Crippen LogP contribution >= 0.6 is 34.9 Å². The van der Waals surface area contributed by atoms with Crippen LogP contribution < -0.4 is 5.32 Å². The van der Waals surface area contributed by atoms with E-state index in [0.717, 1.165) is 20.1 Å². The number of thioether (sulfide) groups is 2. The minimum Gasteiger partial charge on any atom is -0.338 e. The van der Waals surface area contributed by atoms with Crippen LogP contribution in [-0.2, 0) is 10.5 Å². The lowest BCUT2D eigenvalue weighted by atomic mass is 10.0. The van der Waals surface area contributed by atoms with Gasteiger partial charge >= 0.3 is 0 Å². The van der Waals surface area contributed by atoms with Crippen molar-refractivity contribution in [2.45, 2.75) is 53.3 Å². The summed E-state index contributed by atoms with van der Waals surface area (Å²) < 4.78 is 6.68. The maximum absolute atomic E-state index is 12.3. The van der Waals surface area contributed by atoms with Gasteiger partial charge in [-0.3, -0.25) is 10.1 Å². The number of anilines is 1. The van der Waals surface area contributed by atoms with Gasteiger partial charge in [-0.2, -0.15) is 0 Å². The van der Waals surface area contributed by atoms with Crippen LogP contribution in [0.4, 0.5) is 5.88 Å². The average Bonchev–Trinajstić information content (AvgIpc) is 3.29. The summed E-state index contributed by atoms with van der Waals surface area (Å²) in [7, 11) is 0. The molecule has 0 radical (unpaired) electrons. The zero-order valence-electron chi connectivity index (χ0n) is 16.1. The fraction of sp³-hybridized carbons (Fsp3) is 0.368. The first-order valence-corrected chi connectivity index (χ1v) is 11.5. The number of aryl methyl sites for hydroxylation is 1. The van der Waals surface area contributed by atoms with Crippen LogP contribution in [0, 0.1) is 6.92 Å². The van der Waals surface area contributed by atoms with E-state index in [1.807, 2.05) is 6.92 Å². The van der Waals surface area contributed by atoms with Crippen molar-refractivity contribution in [1.82, 2.24) is 15.4 Å². The molecule has 1 N–H and O–H groups in total. The second-order valence-electron chi connectivity index (χ2n) is 6.60. The summed E-state index contributed by atoms with van der Waals surface area (Å²) in [5, 5.41) is 14.6. The molecule has 6 nitrogen and oxygen atoms in total. The van der Waals surface area contributed by atoms with Gasteiger partial charge in [0, 0.05) is 11.8 Å². The lowest BCUT2D eigenvalue weighted by Crippen LogP contribution is -2.22. The molecule has 0 aliphatic rings. The Balaban J connectivity index is 1.49. The van der Waals surface area contributed by atoms with E-state index < -0.39 is 0 Å². The molecule has 3 aromatic rings. The molecule has 28 heavy (non-hydrogen) atoms. The molecule has 1 atom stereocenters. The number of amides is 1. The molecule has 1 aromatic carbocycles. The first kappa shape index (κ1) is 20.9. The summed E-state index contributed by atoms with van der Waals surface area (Å²) >= 11 is 4.54. The van der Waals surface area contributed by atoms with Crippen molar-refractivity contribution < 1.29 is 9.32 Å². The Kier molecular flexibility index (Phi) is 7.14. The molecule has 2 heterocycles. The van der Waals surface area contributed by atoms with Gasteiger partial charge in [0.15, 0.2) is 8.68 Å². The Bertz CT molecular complexity index is 921. The third-order valence-corrected chi connectivity index (χ3v) is 7.23. The van der Waals surface area contributed by atoms with Crippen molar-refractivity contribution in [3.8, 4) is 0 Å². The van der Waals surface area contributed by atoms with Crippen LogP contribution in [0.1, 0.15) is 43.5 Å². The third-order valence-electron chi connectivity index (χ3n) is 3.92. The van der Waals surface area contributed by atoms with E-state index in [2.05, 4.69) is 58.8 Å². The zero-order valence-corrected chi connectivity index (χ0v) is 18.6. The van der Waals surface area contributed by atoms with Crippen molar-refractivity contribution in [3.05, 3.63) is 47.2 Å². The number of hydrogen-bond acceptors (Lipinski definition) is 8. The summed E-state index contributed by atoms with van der Waals surface area (Å²) in [6.07, 6.45) is 0. The Hall–Kier alpha value is -1.84. The molecule has 0 saturated heterocycles. The third kappa shape index (κ3) is 5.83. The molecule has 0 aliphatic heterocycles. The molecule has 3 rings (SSSR count). The van der Waals surface area contributed by atoms with Gasteiger partial charge in [0.25, 0.3) is 0 Å². The largest absolute Gasteiger partial charge is 0.338 e. The van der Waals surface area contributed by atoms with Gasteiger partial charge in [-0.15, -0.1) is 10.2 Å². The molecule has 0 aliphatic carbocycles. The van der Waals surface area contributed by atoms with Gasteiger partial charge in [-0.25, -0.2) is 0 Å². The smallest absolute Gasteiger partial charge is 0.240 e. The molecule has 1 amide bonds. The highest BCUT2D eigenvalue weighted by Crippen LogP contribution is 2.33. The predicted octanol–water partition coefficient (Wildman–Crippen LogP) is 5.37. The lowest BCUT2D eigenvalue weighted by Gasteiger charge is -2.07. The van der Waals surface area contributed by atoms with Gasteiger partial charge in [0.1, 0.15) is 0 Å². The molecule has 0 spiro atoms. The zero-order chi connectivity index (χ0) is 20.1. The number of carbonyl (C=O) groups is 1. The topological polar surface area (TPSA) is 80.9 Å². The molecule has 0 saturated carbocycles. The summed E-state index contributed by atoms with van der Waals surface area (Å²) in [5.41, 5.74) is 3.32. The first-order chi connectivity index (χ1) is 13.4. The maximum atomic E-state index is 12.3. The van der Waals surface area contributed by atoms with Crippen LogP contribution in [-0.4, -0.2) is 26.5 Å². The monoisotopic (exact) mass is 434 g/mol. The molecule has 1 unspecified atom stereocenters. The molecular weight excluding hydrogens is 412 g/mol.